The third-order valence-electron chi connectivity index (χ3n) is 3.84. The molecule has 0 saturated heterocycles. The first-order chi connectivity index (χ1) is 11.5. The molecule has 0 aliphatic heterocycles. The number of aryl methyl sites for hydroxylation is 1. The fourth-order valence-electron chi connectivity index (χ4n) is 2.49. The van der Waals surface area contributed by atoms with Crippen LogP contribution in [0, 0.1) is 6.92 Å². The predicted molar refractivity (Wildman–Crippen MR) is 90.2 cm³/mol. The number of pyridine rings is 1. The standard InChI is InChI=1S/C18H15FN2O3/c1-10-5-6-11(8-19)7-14(10)21-18(24)12-9-20-13-3-2-4-15(22)16(13)17(12)23/h2-7,9,22H,8H2,1H3,(H,20,23)(H,21,24). The van der Waals surface area contributed by atoms with Crippen molar-refractivity contribution in [2.75, 3.05) is 5.32 Å². The number of carbonyl (C=O) groups excluding carboxylic acids is 1. The van der Waals surface area contributed by atoms with E-state index >= 15 is 0 Å². The van der Waals surface area contributed by atoms with Crippen molar-refractivity contribution in [2.24, 2.45) is 0 Å². The van der Waals surface area contributed by atoms with Crippen LogP contribution in [0.3, 0.4) is 0 Å². The Hall–Kier alpha value is -3.15. The van der Waals surface area contributed by atoms with E-state index in [0.29, 0.717) is 16.8 Å². The number of hydrogen-bond donors (Lipinski definition) is 3. The van der Waals surface area contributed by atoms with Gasteiger partial charge < -0.3 is 15.4 Å². The van der Waals surface area contributed by atoms with Crippen LogP contribution in [-0.2, 0) is 6.67 Å². The van der Waals surface area contributed by atoms with Gasteiger partial charge in [0.25, 0.3) is 5.91 Å². The number of anilines is 1. The van der Waals surface area contributed by atoms with E-state index in [0.717, 1.165) is 5.56 Å². The SMILES string of the molecule is Cc1ccc(CF)cc1NC(=O)c1c[nH]c2cccc(O)c2c1=O. The second-order valence-corrected chi connectivity index (χ2v) is 5.47. The Morgan fingerprint density at radius 1 is 1.29 bits per heavy atom. The largest absolute Gasteiger partial charge is 0.507 e. The quantitative estimate of drug-likeness (QED) is 0.691. The van der Waals surface area contributed by atoms with Crippen LogP contribution < -0.4 is 10.7 Å². The minimum atomic E-state index is -0.645. The van der Waals surface area contributed by atoms with Gasteiger partial charge in [-0.25, -0.2) is 4.39 Å². The molecular formula is C18H15FN2O3. The molecule has 6 heteroatoms. The molecule has 0 unspecified atom stereocenters. The summed E-state index contributed by atoms with van der Waals surface area (Å²) >= 11 is 0. The van der Waals surface area contributed by atoms with Crippen LogP contribution in [0.2, 0.25) is 0 Å². The maximum Gasteiger partial charge on any atom is 0.261 e. The molecule has 1 heterocycles. The maximum atomic E-state index is 12.8. The van der Waals surface area contributed by atoms with E-state index in [9.17, 15) is 19.1 Å². The molecule has 0 aliphatic carbocycles. The van der Waals surface area contributed by atoms with Crippen LogP contribution >= 0.6 is 0 Å². The maximum absolute atomic E-state index is 12.8. The Labute approximate surface area is 136 Å². The van der Waals surface area contributed by atoms with Crippen molar-refractivity contribution in [3.8, 4) is 5.75 Å². The highest BCUT2D eigenvalue weighted by molar-refractivity contribution is 6.06. The lowest BCUT2D eigenvalue weighted by molar-refractivity contribution is 0.102. The van der Waals surface area contributed by atoms with Crippen molar-refractivity contribution in [3.63, 3.8) is 0 Å². The molecule has 0 radical (unpaired) electrons. The minimum absolute atomic E-state index is 0.0550. The van der Waals surface area contributed by atoms with Crippen molar-refractivity contribution < 1.29 is 14.3 Å². The number of amides is 1. The summed E-state index contributed by atoms with van der Waals surface area (Å²) in [4.78, 5) is 27.7. The number of fused-ring (bicyclic) bond motifs is 1. The van der Waals surface area contributed by atoms with Gasteiger partial charge in [-0.15, -0.1) is 0 Å². The Kier molecular flexibility index (Phi) is 4.04. The molecule has 1 amide bonds. The fourth-order valence-corrected chi connectivity index (χ4v) is 2.49. The topological polar surface area (TPSA) is 82.2 Å². The van der Waals surface area contributed by atoms with Gasteiger partial charge in [0.1, 0.15) is 18.0 Å². The number of hydrogen-bond acceptors (Lipinski definition) is 3. The summed E-state index contributed by atoms with van der Waals surface area (Å²) in [6.45, 7) is 1.13. The Morgan fingerprint density at radius 3 is 2.83 bits per heavy atom. The van der Waals surface area contributed by atoms with Gasteiger partial charge in [-0.3, -0.25) is 9.59 Å². The molecule has 0 spiro atoms. The number of phenols is 1. The van der Waals surface area contributed by atoms with Crippen LogP contribution in [0.1, 0.15) is 21.5 Å². The zero-order valence-corrected chi connectivity index (χ0v) is 12.9. The number of rotatable bonds is 3. The molecule has 122 valence electrons. The average Bonchev–Trinajstić information content (AvgIpc) is 2.57. The van der Waals surface area contributed by atoms with Gasteiger partial charge in [0.05, 0.1) is 10.9 Å². The molecule has 0 fully saturated rings. The van der Waals surface area contributed by atoms with Gasteiger partial charge in [0.2, 0.25) is 5.43 Å². The van der Waals surface area contributed by atoms with E-state index in [1.165, 1.54) is 18.3 Å². The lowest BCUT2D eigenvalue weighted by Crippen LogP contribution is -2.22. The van der Waals surface area contributed by atoms with Crippen LogP contribution in [0.15, 0.2) is 47.4 Å². The molecule has 3 aromatic rings. The number of alkyl halides is 1. The van der Waals surface area contributed by atoms with Gasteiger partial charge in [0, 0.05) is 11.9 Å². The molecule has 1 aromatic heterocycles. The molecule has 3 N–H and O–H groups in total. The summed E-state index contributed by atoms with van der Waals surface area (Å²) in [6, 6.07) is 9.47. The number of halogens is 1. The zero-order valence-electron chi connectivity index (χ0n) is 12.9. The lowest BCUT2D eigenvalue weighted by atomic mass is 10.1. The van der Waals surface area contributed by atoms with E-state index in [1.54, 1.807) is 31.2 Å². The number of phenolic OH excluding ortho intramolecular Hbond substituents is 1. The first-order valence-electron chi connectivity index (χ1n) is 7.31. The van der Waals surface area contributed by atoms with E-state index in [1.807, 2.05) is 0 Å². The Bertz CT molecular complexity index is 995. The average molecular weight is 326 g/mol. The van der Waals surface area contributed by atoms with Crippen molar-refractivity contribution in [1.29, 1.82) is 0 Å². The van der Waals surface area contributed by atoms with Gasteiger partial charge >= 0.3 is 0 Å². The summed E-state index contributed by atoms with van der Waals surface area (Å²) in [5, 5.41) is 12.5. The summed E-state index contributed by atoms with van der Waals surface area (Å²) in [5.41, 5.74) is 1.35. The van der Waals surface area contributed by atoms with Gasteiger partial charge in [-0.05, 0) is 36.2 Å². The number of benzene rings is 2. The summed E-state index contributed by atoms with van der Waals surface area (Å²) in [6.07, 6.45) is 1.30. The van der Waals surface area contributed by atoms with Crippen LogP contribution in [0.5, 0.6) is 5.75 Å². The van der Waals surface area contributed by atoms with E-state index in [2.05, 4.69) is 10.3 Å². The monoisotopic (exact) mass is 326 g/mol. The van der Waals surface area contributed by atoms with Crippen LogP contribution in [-0.4, -0.2) is 16.0 Å². The fraction of sp³-hybridized carbons (Fsp3) is 0.111. The lowest BCUT2D eigenvalue weighted by Gasteiger charge is -2.10. The van der Waals surface area contributed by atoms with Gasteiger partial charge in [-0.1, -0.05) is 18.2 Å². The molecule has 0 bridgehead atoms. The second kappa shape index (κ2) is 6.16. The highest BCUT2D eigenvalue weighted by atomic mass is 19.1. The highest BCUT2D eigenvalue weighted by Gasteiger charge is 2.16. The van der Waals surface area contributed by atoms with E-state index < -0.39 is 18.0 Å². The third-order valence-corrected chi connectivity index (χ3v) is 3.84. The number of aromatic amines is 1. The number of nitrogens with one attached hydrogen (secondary N) is 2. The first kappa shape index (κ1) is 15.7. The molecule has 24 heavy (non-hydrogen) atoms. The number of aromatic nitrogens is 1. The summed E-state index contributed by atoms with van der Waals surface area (Å²) in [7, 11) is 0. The molecular weight excluding hydrogens is 311 g/mol. The zero-order chi connectivity index (χ0) is 17.3. The first-order valence-corrected chi connectivity index (χ1v) is 7.31. The van der Waals surface area contributed by atoms with E-state index in [-0.39, 0.29) is 16.7 Å². The minimum Gasteiger partial charge on any atom is -0.507 e. The van der Waals surface area contributed by atoms with Crippen LogP contribution in [0.4, 0.5) is 10.1 Å². The molecule has 0 atom stereocenters. The summed E-state index contributed by atoms with van der Waals surface area (Å²) < 4.78 is 12.8. The van der Waals surface area contributed by atoms with Crippen LogP contribution in [0.25, 0.3) is 10.9 Å². The Balaban J connectivity index is 2.02. The number of carbonyl (C=O) groups is 1. The molecule has 0 saturated carbocycles. The van der Waals surface area contributed by atoms with Gasteiger partial charge in [-0.2, -0.15) is 0 Å². The van der Waals surface area contributed by atoms with E-state index in [4.69, 9.17) is 0 Å². The van der Waals surface area contributed by atoms with Crippen molar-refractivity contribution in [3.05, 3.63) is 69.5 Å². The predicted octanol–water partition coefficient (Wildman–Crippen LogP) is 3.26. The Morgan fingerprint density at radius 2 is 2.08 bits per heavy atom. The molecule has 3 rings (SSSR count). The van der Waals surface area contributed by atoms with Crippen molar-refractivity contribution in [2.45, 2.75) is 13.6 Å². The number of aromatic hydroxyl groups is 1. The third kappa shape index (κ3) is 2.74. The highest BCUT2D eigenvalue weighted by Crippen LogP contribution is 2.21. The van der Waals surface area contributed by atoms with Gasteiger partial charge in [0.15, 0.2) is 0 Å². The smallest absolute Gasteiger partial charge is 0.261 e. The second-order valence-electron chi connectivity index (χ2n) is 5.47. The number of H-pyrrole nitrogens is 1. The molecule has 5 nitrogen and oxygen atoms in total. The molecule has 0 aliphatic rings. The molecule has 2 aromatic carbocycles. The van der Waals surface area contributed by atoms with Crippen molar-refractivity contribution in [1.82, 2.24) is 4.98 Å². The normalized spacial score (nSPS) is 10.8. The summed E-state index contributed by atoms with van der Waals surface area (Å²) in [5.74, 6) is -0.820. The van der Waals surface area contributed by atoms with Crippen molar-refractivity contribution >= 4 is 22.5 Å².